The van der Waals surface area contributed by atoms with Crippen molar-refractivity contribution < 1.29 is 4.79 Å². The maximum atomic E-state index is 10.9. The number of allylic oxidation sites excluding steroid dienone is 3. The van der Waals surface area contributed by atoms with Crippen LogP contribution in [0.1, 0.15) is 6.42 Å². The standard InChI is InChI=1S/C9H7N3O/c10-9(13)8-6-2-4-1-5(4)3-7(6)11-12-8/h1-2,4H,3H2,(H2,10,13). The van der Waals surface area contributed by atoms with E-state index in [9.17, 15) is 4.79 Å². The Morgan fingerprint density at radius 2 is 2.31 bits per heavy atom. The van der Waals surface area contributed by atoms with Crippen LogP contribution in [0, 0.1) is 5.92 Å². The molecule has 1 aliphatic heterocycles. The number of carbonyl (C=O) groups excluding carboxylic acids is 1. The van der Waals surface area contributed by atoms with Gasteiger partial charge in [-0.05, 0) is 0 Å². The second-order valence-electron chi connectivity index (χ2n) is 3.38. The Bertz CT molecular complexity index is 440. The average molecular weight is 173 g/mol. The molecule has 0 radical (unpaired) electrons. The molecule has 0 fully saturated rings. The molecule has 3 rings (SSSR count). The lowest BCUT2D eigenvalue weighted by Crippen LogP contribution is -2.26. The summed E-state index contributed by atoms with van der Waals surface area (Å²) in [6.45, 7) is 0. The number of fused-ring (bicyclic) bond motifs is 2. The van der Waals surface area contributed by atoms with Crippen LogP contribution in [0.5, 0.6) is 0 Å². The summed E-state index contributed by atoms with van der Waals surface area (Å²) in [6, 6.07) is 0. The molecular weight excluding hydrogens is 166 g/mol. The van der Waals surface area contributed by atoms with Gasteiger partial charge in [-0.25, -0.2) is 0 Å². The summed E-state index contributed by atoms with van der Waals surface area (Å²) in [5, 5.41) is 7.70. The van der Waals surface area contributed by atoms with Crippen LogP contribution < -0.4 is 5.73 Å². The third-order valence-corrected chi connectivity index (χ3v) is 2.50. The lowest BCUT2D eigenvalue weighted by atomic mass is 9.94. The van der Waals surface area contributed by atoms with Crippen LogP contribution in [-0.4, -0.2) is 17.3 Å². The highest BCUT2D eigenvalue weighted by molar-refractivity contribution is 6.53. The molecule has 2 aliphatic carbocycles. The van der Waals surface area contributed by atoms with Crippen LogP contribution >= 0.6 is 0 Å². The zero-order valence-electron chi connectivity index (χ0n) is 6.82. The maximum Gasteiger partial charge on any atom is 0.269 e. The van der Waals surface area contributed by atoms with Gasteiger partial charge in [0.1, 0.15) is 0 Å². The SMILES string of the molecule is NC(=O)C1=NN=C2CC3=CC3C=C21. The molecule has 3 aliphatic rings. The number of hydrogen-bond acceptors (Lipinski definition) is 3. The number of nitrogens with zero attached hydrogens (tertiary/aromatic N) is 2. The van der Waals surface area contributed by atoms with Gasteiger partial charge in [0, 0.05) is 17.9 Å². The minimum Gasteiger partial charge on any atom is -0.364 e. The fourth-order valence-corrected chi connectivity index (χ4v) is 1.73. The number of carbonyl (C=O) groups is 1. The Labute approximate surface area is 74.5 Å². The van der Waals surface area contributed by atoms with Gasteiger partial charge >= 0.3 is 0 Å². The molecule has 1 atom stereocenters. The van der Waals surface area contributed by atoms with E-state index in [1.54, 1.807) is 0 Å². The highest BCUT2D eigenvalue weighted by atomic mass is 16.1. The van der Waals surface area contributed by atoms with E-state index in [1.807, 2.05) is 6.08 Å². The topological polar surface area (TPSA) is 67.8 Å². The van der Waals surface area contributed by atoms with Gasteiger partial charge < -0.3 is 5.73 Å². The van der Waals surface area contributed by atoms with Crippen molar-refractivity contribution in [2.45, 2.75) is 6.42 Å². The molecule has 4 nitrogen and oxygen atoms in total. The van der Waals surface area contributed by atoms with E-state index < -0.39 is 5.91 Å². The fraction of sp³-hybridized carbons (Fsp3) is 0.222. The van der Waals surface area contributed by atoms with E-state index >= 15 is 0 Å². The van der Waals surface area contributed by atoms with E-state index in [2.05, 4.69) is 16.3 Å². The van der Waals surface area contributed by atoms with E-state index in [0.29, 0.717) is 11.6 Å². The minimum atomic E-state index is -0.492. The average Bonchev–Trinajstić information content (AvgIpc) is 2.70. The molecule has 1 amide bonds. The van der Waals surface area contributed by atoms with Gasteiger partial charge in [0.05, 0.1) is 5.71 Å². The van der Waals surface area contributed by atoms with E-state index in [-0.39, 0.29) is 0 Å². The first kappa shape index (κ1) is 6.77. The van der Waals surface area contributed by atoms with Gasteiger partial charge in [-0.1, -0.05) is 17.7 Å². The molecule has 64 valence electrons. The molecule has 0 aromatic heterocycles. The van der Waals surface area contributed by atoms with Crippen molar-refractivity contribution >= 4 is 17.3 Å². The molecule has 4 heteroatoms. The van der Waals surface area contributed by atoms with Gasteiger partial charge in [0.2, 0.25) is 0 Å². The van der Waals surface area contributed by atoms with Crippen LogP contribution in [0.25, 0.3) is 0 Å². The van der Waals surface area contributed by atoms with Gasteiger partial charge in [0.15, 0.2) is 5.71 Å². The van der Waals surface area contributed by atoms with E-state index in [0.717, 1.165) is 17.7 Å². The third-order valence-electron chi connectivity index (χ3n) is 2.50. The lowest BCUT2D eigenvalue weighted by Gasteiger charge is -2.08. The summed E-state index contributed by atoms with van der Waals surface area (Å²) in [5.41, 5.74) is 8.58. The molecule has 0 bridgehead atoms. The molecule has 1 heterocycles. The largest absolute Gasteiger partial charge is 0.364 e. The van der Waals surface area contributed by atoms with Crippen LogP contribution in [0.3, 0.4) is 0 Å². The molecule has 0 saturated carbocycles. The highest BCUT2D eigenvalue weighted by Gasteiger charge is 2.35. The predicted octanol–water partition coefficient (Wildman–Crippen LogP) is 0.169. The molecule has 0 saturated heterocycles. The molecule has 0 aromatic rings. The van der Waals surface area contributed by atoms with Crippen LogP contribution in [0.4, 0.5) is 0 Å². The van der Waals surface area contributed by atoms with Crippen molar-refractivity contribution in [2.75, 3.05) is 0 Å². The Balaban J connectivity index is 2.04. The Hall–Kier alpha value is -1.71. The summed E-state index contributed by atoms with van der Waals surface area (Å²) in [6.07, 6.45) is 5.00. The summed E-state index contributed by atoms with van der Waals surface area (Å²) in [4.78, 5) is 10.9. The molecule has 1 unspecified atom stereocenters. The predicted molar refractivity (Wildman–Crippen MR) is 48.3 cm³/mol. The van der Waals surface area contributed by atoms with Crippen molar-refractivity contribution in [3.8, 4) is 0 Å². The Kier molecular flexibility index (Phi) is 1.02. The van der Waals surface area contributed by atoms with Crippen LogP contribution in [0.2, 0.25) is 0 Å². The first-order valence-electron chi connectivity index (χ1n) is 4.13. The number of primary amides is 1. The van der Waals surface area contributed by atoms with Gasteiger partial charge in [-0.2, -0.15) is 5.10 Å². The Morgan fingerprint density at radius 1 is 1.46 bits per heavy atom. The summed E-state index contributed by atoms with van der Waals surface area (Å²) in [5.74, 6) is -0.0503. The zero-order chi connectivity index (χ0) is 9.00. The number of amides is 1. The summed E-state index contributed by atoms with van der Waals surface area (Å²) >= 11 is 0. The molecule has 2 N–H and O–H groups in total. The Morgan fingerprint density at radius 3 is 3.08 bits per heavy atom. The summed E-state index contributed by atoms with van der Waals surface area (Å²) in [7, 11) is 0. The number of hydrogen-bond donors (Lipinski definition) is 1. The molecular formula is C9H7N3O. The minimum absolute atomic E-state index is 0.314. The second-order valence-corrected chi connectivity index (χ2v) is 3.38. The van der Waals surface area contributed by atoms with Gasteiger partial charge in [-0.15, -0.1) is 5.10 Å². The van der Waals surface area contributed by atoms with E-state index in [1.165, 1.54) is 5.57 Å². The quantitative estimate of drug-likeness (QED) is 0.564. The van der Waals surface area contributed by atoms with Gasteiger partial charge in [0.25, 0.3) is 5.91 Å². The monoisotopic (exact) mass is 173 g/mol. The highest BCUT2D eigenvalue weighted by Crippen LogP contribution is 2.40. The van der Waals surface area contributed by atoms with Crippen molar-refractivity contribution in [1.29, 1.82) is 0 Å². The first-order valence-corrected chi connectivity index (χ1v) is 4.13. The lowest BCUT2D eigenvalue weighted by molar-refractivity contribution is -0.111. The number of nitrogens with two attached hydrogens (primary N) is 1. The molecule has 0 spiro atoms. The maximum absolute atomic E-state index is 10.9. The van der Waals surface area contributed by atoms with Crippen molar-refractivity contribution in [3.05, 3.63) is 23.3 Å². The van der Waals surface area contributed by atoms with Crippen molar-refractivity contribution in [1.82, 2.24) is 0 Å². The molecule has 0 aromatic carbocycles. The number of rotatable bonds is 1. The normalized spacial score (nSPS) is 27.8. The van der Waals surface area contributed by atoms with Gasteiger partial charge in [-0.3, -0.25) is 4.79 Å². The van der Waals surface area contributed by atoms with Crippen molar-refractivity contribution in [3.63, 3.8) is 0 Å². The fourth-order valence-electron chi connectivity index (χ4n) is 1.73. The first-order chi connectivity index (χ1) is 6.25. The van der Waals surface area contributed by atoms with E-state index in [4.69, 9.17) is 5.73 Å². The summed E-state index contributed by atoms with van der Waals surface area (Å²) < 4.78 is 0. The smallest absolute Gasteiger partial charge is 0.269 e. The third kappa shape index (κ3) is 0.824. The van der Waals surface area contributed by atoms with Crippen LogP contribution in [0.15, 0.2) is 33.5 Å². The second kappa shape index (κ2) is 1.96. The zero-order valence-corrected chi connectivity index (χ0v) is 6.82. The van der Waals surface area contributed by atoms with Crippen LogP contribution in [-0.2, 0) is 4.79 Å². The van der Waals surface area contributed by atoms with Crippen molar-refractivity contribution in [2.24, 2.45) is 21.9 Å². The molecule has 13 heavy (non-hydrogen) atoms.